The van der Waals surface area contributed by atoms with Gasteiger partial charge < -0.3 is 10.1 Å². The number of hydrogen-bond acceptors (Lipinski definition) is 2. The second-order valence-corrected chi connectivity index (χ2v) is 5.44. The summed E-state index contributed by atoms with van der Waals surface area (Å²) in [6, 6.07) is 10.4. The van der Waals surface area contributed by atoms with Crippen LogP contribution >= 0.6 is 0 Å². The summed E-state index contributed by atoms with van der Waals surface area (Å²) in [5, 5.41) is 2.60. The number of carbonyl (C=O) groups excluding carboxylic acids is 1. The van der Waals surface area contributed by atoms with Gasteiger partial charge in [0.25, 0.3) is 0 Å². The normalized spacial score (nSPS) is 11.1. The highest BCUT2D eigenvalue weighted by Crippen LogP contribution is 2.27. The maximum Gasteiger partial charge on any atom is 0.234 e. The first kappa shape index (κ1) is 15.9. The van der Waals surface area contributed by atoms with E-state index in [0.717, 1.165) is 17.7 Å². The molecule has 0 fully saturated rings. The molecule has 5 heteroatoms. The minimum Gasteiger partial charge on any atom is -0.497 e. The summed E-state index contributed by atoms with van der Waals surface area (Å²) in [6.07, 6.45) is 0. The average Bonchev–Trinajstić information content (AvgIpc) is 2.51. The number of methoxy groups -OCH3 is 1. The van der Waals surface area contributed by atoms with E-state index >= 15 is 0 Å². The third kappa shape index (κ3) is 3.24. The predicted molar refractivity (Wildman–Crippen MR) is 81.0 cm³/mol. The third-order valence-corrected chi connectivity index (χ3v) is 3.56. The lowest BCUT2D eigenvalue weighted by Crippen LogP contribution is -2.34. The standard InChI is InChI=1S/C17H17F2NO2/c1-17(2,11-4-7-13(22-3)8-5-11)16(21)20-12-6-9-14(18)15(19)10-12/h4-10H,1-3H3,(H,20,21). The predicted octanol–water partition coefficient (Wildman–Crippen LogP) is 3.89. The quantitative estimate of drug-likeness (QED) is 0.930. The van der Waals surface area contributed by atoms with E-state index < -0.39 is 17.0 Å². The SMILES string of the molecule is COc1ccc(C(C)(C)C(=O)Nc2ccc(F)c(F)c2)cc1. The summed E-state index contributed by atoms with van der Waals surface area (Å²) in [6.45, 7) is 3.51. The van der Waals surface area contributed by atoms with Crippen molar-refractivity contribution in [3.05, 3.63) is 59.7 Å². The van der Waals surface area contributed by atoms with Gasteiger partial charge >= 0.3 is 0 Å². The number of ether oxygens (including phenoxy) is 1. The van der Waals surface area contributed by atoms with Crippen molar-refractivity contribution < 1.29 is 18.3 Å². The topological polar surface area (TPSA) is 38.3 Å². The van der Waals surface area contributed by atoms with Gasteiger partial charge in [-0.15, -0.1) is 0 Å². The minimum absolute atomic E-state index is 0.213. The molecule has 1 amide bonds. The van der Waals surface area contributed by atoms with Crippen molar-refractivity contribution in [1.82, 2.24) is 0 Å². The number of carbonyl (C=O) groups is 1. The van der Waals surface area contributed by atoms with Crippen molar-refractivity contribution >= 4 is 11.6 Å². The summed E-state index contributed by atoms with van der Waals surface area (Å²) in [4.78, 5) is 12.4. The second kappa shape index (κ2) is 6.13. The number of benzene rings is 2. The lowest BCUT2D eigenvalue weighted by atomic mass is 9.83. The van der Waals surface area contributed by atoms with E-state index in [-0.39, 0.29) is 11.6 Å². The number of hydrogen-bond donors (Lipinski definition) is 1. The highest BCUT2D eigenvalue weighted by molar-refractivity contribution is 5.98. The molecular weight excluding hydrogens is 288 g/mol. The van der Waals surface area contributed by atoms with Crippen LogP contribution in [0.2, 0.25) is 0 Å². The number of rotatable bonds is 4. The Kier molecular flexibility index (Phi) is 4.45. The first-order valence-corrected chi connectivity index (χ1v) is 6.75. The third-order valence-electron chi connectivity index (χ3n) is 3.56. The van der Waals surface area contributed by atoms with E-state index in [2.05, 4.69) is 5.32 Å². The molecule has 3 nitrogen and oxygen atoms in total. The first-order valence-electron chi connectivity index (χ1n) is 6.75. The van der Waals surface area contributed by atoms with E-state index in [9.17, 15) is 13.6 Å². The van der Waals surface area contributed by atoms with Gasteiger partial charge in [-0.25, -0.2) is 8.78 Å². The molecule has 0 aliphatic rings. The van der Waals surface area contributed by atoms with Crippen molar-refractivity contribution in [2.24, 2.45) is 0 Å². The Hall–Kier alpha value is -2.43. The second-order valence-electron chi connectivity index (χ2n) is 5.44. The molecule has 0 atom stereocenters. The molecule has 2 aromatic carbocycles. The Morgan fingerprint density at radius 3 is 2.23 bits per heavy atom. The molecule has 2 rings (SSSR count). The Labute approximate surface area is 127 Å². The van der Waals surface area contributed by atoms with Crippen LogP contribution in [-0.2, 0) is 10.2 Å². The Balaban J connectivity index is 2.20. The fourth-order valence-corrected chi connectivity index (χ4v) is 2.00. The van der Waals surface area contributed by atoms with Crippen molar-refractivity contribution in [1.29, 1.82) is 0 Å². The Morgan fingerprint density at radius 1 is 1.05 bits per heavy atom. The molecule has 0 spiro atoms. The highest BCUT2D eigenvalue weighted by Gasteiger charge is 2.30. The fraction of sp³-hybridized carbons (Fsp3) is 0.235. The number of amides is 1. The molecule has 0 aliphatic carbocycles. The molecule has 1 N–H and O–H groups in total. The molecule has 0 saturated carbocycles. The maximum absolute atomic E-state index is 13.2. The van der Waals surface area contributed by atoms with Gasteiger partial charge in [0.15, 0.2) is 11.6 Å². The molecular formula is C17H17F2NO2. The van der Waals surface area contributed by atoms with Crippen LogP contribution in [0.15, 0.2) is 42.5 Å². The molecule has 0 unspecified atom stereocenters. The van der Waals surface area contributed by atoms with Gasteiger partial charge in [0, 0.05) is 11.8 Å². The van der Waals surface area contributed by atoms with E-state index in [0.29, 0.717) is 5.75 Å². The summed E-state index contributed by atoms with van der Waals surface area (Å²) >= 11 is 0. The lowest BCUT2D eigenvalue weighted by Gasteiger charge is -2.24. The van der Waals surface area contributed by atoms with E-state index in [4.69, 9.17) is 4.74 Å². The molecule has 0 aliphatic heterocycles. The lowest BCUT2D eigenvalue weighted by molar-refractivity contribution is -0.120. The molecule has 0 saturated heterocycles. The number of nitrogens with one attached hydrogen (secondary N) is 1. The van der Waals surface area contributed by atoms with Crippen molar-refractivity contribution in [3.8, 4) is 5.75 Å². The monoisotopic (exact) mass is 305 g/mol. The van der Waals surface area contributed by atoms with Crippen LogP contribution in [0.4, 0.5) is 14.5 Å². The van der Waals surface area contributed by atoms with Crippen LogP contribution in [0.5, 0.6) is 5.75 Å². The molecule has 2 aromatic rings. The van der Waals surface area contributed by atoms with Crippen LogP contribution < -0.4 is 10.1 Å². The molecule has 0 bridgehead atoms. The Bertz CT molecular complexity index is 682. The van der Waals surface area contributed by atoms with Gasteiger partial charge in [0.1, 0.15) is 5.75 Å². The minimum atomic E-state index is -1.000. The maximum atomic E-state index is 13.2. The Morgan fingerprint density at radius 2 is 1.68 bits per heavy atom. The smallest absolute Gasteiger partial charge is 0.234 e. The zero-order chi connectivity index (χ0) is 16.3. The average molecular weight is 305 g/mol. The largest absolute Gasteiger partial charge is 0.497 e. The zero-order valence-corrected chi connectivity index (χ0v) is 12.6. The first-order chi connectivity index (χ1) is 10.3. The molecule has 0 heterocycles. The molecule has 116 valence electrons. The number of halogens is 2. The van der Waals surface area contributed by atoms with Gasteiger partial charge in [0.05, 0.1) is 12.5 Å². The van der Waals surface area contributed by atoms with E-state index in [1.54, 1.807) is 45.2 Å². The van der Waals surface area contributed by atoms with Crippen molar-refractivity contribution in [2.75, 3.05) is 12.4 Å². The van der Waals surface area contributed by atoms with Gasteiger partial charge in [0.2, 0.25) is 5.91 Å². The van der Waals surface area contributed by atoms with Crippen LogP contribution in [0.3, 0.4) is 0 Å². The number of anilines is 1. The highest BCUT2D eigenvalue weighted by atomic mass is 19.2. The van der Waals surface area contributed by atoms with E-state index in [1.807, 2.05) is 0 Å². The zero-order valence-electron chi connectivity index (χ0n) is 12.6. The molecule has 0 aromatic heterocycles. The summed E-state index contributed by atoms with van der Waals surface area (Å²) in [5.41, 5.74) is 0.163. The summed E-state index contributed by atoms with van der Waals surface area (Å²) in [7, 11) is 1.57. The van der Waals surface area contributed by atoms with Crippen LogP contribution in [-0.4, -0.2) is 13.0 Å². The van der Waals surface area contributed by atoms with Gasteiger partial charge in [-0.1, -0.05) is 12.1 Å². The van der Waals surface area contributed by atoms with Gasteiger partial charge in [-0.3, -0.25) is 4.79 Å². The van der Waals surface area contributed by atoms with Gasteiger partial charge in [-0.05, 0) is 43.7 Å². The fourth-order valence-electron chi connectivity index (χ4n) is 2.00. The van der Waals surface area contributed by atoms with Crippen molar-refractivity contribution in [3.63, 3.8) is 0 Å². The summed E-state index contributed by atoms with van der Waals surface area (Å²) in [5.74, 6) is -1.57. The van der Waals surface area contributed by atoms with Crippen LogP contribution in [0, 0.1) is 11.6 Å². The molecule has 22 heavy (non-hydrogen) atoms. The van der Waals surface area contributed by atoms with E-state index in [1.165, 1.54) is 6.07 Å². The van der Waals surface area contributed by atoms with Gasteiger partial charge in [-0.2, -0.15) is 0 Å². The van der Waals surface area contributed by atoms with Crippen LogP contribution in [0.1, 0.15) is 19.4 Å². The molecule has 0 radical (unpaired) electrons. The van der Waals surface area contributed by atoms with Crippen LogP contribution in [0.25, 0.3) is 0 Å². The van der Waals surface area contributed by atoms with Crippen molar-refractivity contribution in [2.45, 2.75) is 19.3 Å². The summed E-state index contributed by atoms with van der Waals surface area (Å²) < 4.78 is 31.2.